The van der Waals surface area contributed by atoms with Crippen molar-refractivity contribution in [2.75, 3.05) is 19.5 Å². The Bertz CT molecular complexity index is 626. The SMILES string of the molecule is COCCc1ccc(Oc2ncc(C(=O)O)cc2N)cc1. The minimum absolute atomic E-state index is 0.0229. The smallest absolute Gasteiger partial charge is 0.337 e. The first kappa shape index (κ1) is 14.8. The lowest BCUT2D eigenvalue weighted by Crippen LogP contribution is -2.01. The molecule has 0 amide bonds. The number of nitrogens with two attached hydrogens (primary N) is 1. The van der Waals surface area contributed by atoms with Crippen molar-refractivity contribution in [1.82, 2.24) is 4.98 Å². The fraction of sp³-hybridized carbons (Fsp3) is 0.200. The number of hydrogen-bond acceptors (Lipinski definition) is 5. The monoisotopic (exact) mass is 288 g/mol. The number of benzene rings is 1. The number of rotatable bonds is 6. The van der Waals surface area contributed by atoms with Crippen LogP contribution in [0.15, 0.2) is 36.5 Å². The molecular formula is C15H16N2O4. The summed E-state index contributed by atoms with van der Waals surface area (Å²) in [5.74, 6) is -0.314. The van der Waals surface area contributed by atoms with Crippen LogP contribution in [-0.2, 0) is 11.2 Å². The summed E-state index contributed by atoms with van der Waals surface area (Å²) in [7, 11) is 1.66. The van der Waals surface area contributed by atoms with Gasteiger partial charge in [-0.25, -0.2) is 9.78 Å². The lowest BCUT2D eigenvalue weighted by Gasteiger charge is -2.08. The fourth-order valence-corrected chi connectivity index (χ4v) is 1.73. The quantitative estimate of drug-likeness (QED) is 0.847. The number of carboxylic acid groups (broad SMARTS) is 1. The maximum atomic E-state index is 10.8. The number of nitrogen functional groups attached to an aromatic ring is 1. The molecule has 6 nitrogen and oxygen atoms in total. The molecule has 0 saturated heterocycles. The van der Waals surface area contributed by atoms with E-state index in [9.17, 15) is 4.79 Å². The average molecular weight is 288 g/mol. The van der Waals surface area contributed by atoms with Crippen LogP contribution in [0.1, 0.15) is 15.9 Å². The van der Waals surface area contributed by atoms with E-state index in [2.05, 4.69) is 4.98 Å². The minimum Gasteiger partial charge on any atom is -0.478 e. The maximum Gasteiger partial charge on any atom is 0.337 e. The summed E-state index contributed by atoms with van der Waals surface area (Å²) < 4.78 is 10.6. The number of methoxy groups -OCH3 is 1. The molecule has 0 unspecified atom stereocenters. The summed E-state index contributed by atoms with van der Waals surface area (Å²) in [6.07, 6.45) is 2.03. The third-order valence-electron chi connectivity index (χ3n) is 2.86. The molecule has 0 aliphatic rings. The maximum absolute atomic E-state index is 10.8. The van der Waals surface area contributed by atoms with E-state index in [1.807, 2.05) is 12.1 Å². The molecule has 0 fully saturated rings. The molecule has 21 heavy (non-hydrogen) atoms. The van der Waals surface area contributed by atoms with Crippen LogP contribution in [0.2, 0.25) is 0 Å². The Labute approximate surface area is 122 Å². The second kappa shape index (κ2) is 6.71. The molecule has 0 atom stereocenters. The Hall–Kier alpha value is -2.60. The van der Waals surface area contributed by atoms with Crippen molar-refractivity contribution in [3.63, 3.8) is 0 Å². The average Bonchev–Trinajstić information content (AvgIpc) is 2.48. The predicted octanol–water partition coefficient (Wildman–Crippen LogP) is 2.34. The molecule has 1 heterocycles. The summed E-state index contributed by atoms with van der Waals surface area (Å²) in [5, 5.41) is 8.84. The van der Waals surface area contributed by atoms with Crippen molar-refractivity contribution < 1.29 is 19.4 Å². The van der Waals surface area contributed by atoms with Crippen molar-refractivity contribution in [3.8, 4) is 11.6 Å². The van der Waals surface area contributed by atoms with Crippen molar-refractivity contribution in [2.45, 2.75) is 6.42 Å². The number of nitrogens with zero attached hydrogens (tertiary/aromatic N) is 1. The lowest BCUT2D eigenvalue weighted by atomic mass is 10.1. The van der Waals surface area contributed by atoms with Crippen LogP contribution < -0.4 is 10.5 Å². The van der Waals surface area contributed by atoms with Gasteiger partial charge in [0.15, 0.2) is 0 Å². The summed E-state index contributed by atoms with van der Waals surface area (Å²) in [4.78, 5) is 14.7. The first-order chi connectivity index (χ1) is 10.1. The predicted molar refractivity (Wildman–Crippen MR) is 77.7 cm³/mol. The normalized spacial score (nSPS) is 10.3. The highest BCUT2D eigenvalue weighted by atomic mass is 16.5. The molecule has 0 aliphatic heterocycles. The zero-order valence-electron chi connectivity index (χ0n) is 11.6. The fourth-order valence-electron chi connectivity index (χ4n) is 1.73. The molecule has 2 rings (SSSR count). The van der Waals surface area contributed by atoms with E-state index in [-0.39, 0.29) is 17.1 Å². The van der Waals surface area contributed by atoms with E-state index < -0.39 is 5.97 Å². The van der Waals surface area contributed by atoms with Crippen LogP contribution >= 0.6 is 0 Å². The Balaban J connectivity index is 2.09. The van der Waals surface area contributed by atoms with Gasteiger partial charge in [-0.3, -0.25) is 0 Å². The molecule has 1 aromatic carbocycles. The second-order valence-corrected chi connectivity index (χ2v) is 4.41. The number of hydrogen-bond donors (Lipinski definition) is 2. The Kier molecular flexibility index (Phi) is 4.73. The first-order valence-electron chi connectivity index (χ1n) is 6.34. The number of ether oxygens (including phenoxy) is 2. The topological polar surface area (TPSA) is 94.7 Å². The van der Waals surface area contributed by atoms with E-state index >= 15 is 0 Å². The van der Waals surface area contributed by atoms with Crippen LogP contribution in [0.3, 0.4) is 0 Å². The van der Waals surface area contributed by atoms with E-state index in [0.29, 0.717) is 12.4 Å². The first-order valence-corrected chi connectivity index (χ1v) is 6.34. The lowest BCUT2D eigenvalue weighted by molar-refractivity contribution is 0.0696. The van der Waals surface area contributed by atoms with Crippen LogP contribution in [0.25, 0.3) is 0 Å². The van der Waals surface area contributed by atoms with Gasteiger partial charge in [0.25, 0.3) is 0 Å². The van der Waals surface area contributed by atoms with Gasteiger partial charge in [-0.15, -0.1) is 0 Å². The summed E-state index contributed by atoms with van der Waals surface area (Å²) in [5.41, 5.74) is 7.07. The molecule has 0 aliphatic carbocycles. The zero-order chi connectivity index (χ0) is 15.2. The number of aromatic nitrogens is 1. The number of anilines is 1. The van der Waals surface area contributed by atoms with Crippen molar-refractivity contribution in [3.05, 3.63) is 47.7 Å². The minimum atomic E-state index is -1.08. The molecular weight excluding hydrogens is 272 g/mol. The highest BCUT2D eigenvalue weighted by Gasteiger charge is 2.09. The molecule has 3 N–H and O–H groups in total. The zero-order valence-corrected chi connectivity index (χ0v) is 11.6. The van der Waals surface area contributed by atoms with Gasteiger partial charge in [0, 0.05) is 13.3 Å². The van der Waals surface area contributed by atoms with Gasteiger partial charge in [0.1, 0.15) is 5.75 Å². The van der Waals surface area contributed by atoms with E-state index in [4.69, 9.17) is 20.3 Å². The Morgan fingerprint density at radius 2 is 2.05 bits per heavy atom. The van der Waals surface area contributed by atoms with Gasteiger partial charge in [-0.1, -0.05) is 12.1 Å². The van der Waals surface area contributed by atoms with Gasteiger partial charge in [-0.05, 0) is 30.2 Å². The Morgan fingerprint density at radius 3 is 2.62 bits per heavy atom. The third kappa shape index (κ3) is 3.93. The van der Waals surface area contributed by atoms with Gasteiger partial charge in [-0.2, -0.15) is 0 Å². The molecule has 6 heteroatoms. The second-order valence-electron chi connectivity index (χ2n) is 4.41. The van der Waals surface area contributed by atoms with Gasteiger partial charge in [0.05, 0.1) is 17.9 Å². The molecule has 0 saturated carbocycles. The molecule has 1 aromatic heterocycles. The number of aromatic carboxylic acids is 1. The molecule has 110 valence electrons. The largest absolute Gasteiger partial charge is 0.478 e. The van der Waals surface area contributed by atoms with Crippen molar-refractivity contribution in [2.24, 2.45) is 0 Å². The third-order valence-corrected chi connectivity index (χ3v) is 2.86. The van der Waals surface area contributed by atoms with Gasteiger partial charge in [0.2, 0.25) is 5.88 Å². The number of pyridine rings is 1. The molecule has 0 bridgehead atoms. The van der Waals surface area contributed by atoms with Crippen molar-refractivity contribution in [1.29, 1.82) is 0 Å². The van der Waals surface area contributed by atoms with E-state index in [0.717, 1.165) is 12.0 Å². The van der Waals surface area contributed by atoms with Crippen LogP contribution in [0.5, 0.6) is 11.6 Å². The van der Waals surface area contributed by atoms with Crippen LogP contribution in [0.4, 0.5) is 5.69 Å². The van der Waals surface area contributed by atoms with Crippen LogP contribution in [-0.4, -0.2) is 29.8 Å². The Morgan fingerprint density at radius 1 is 1.33 bits per heavy atom. The molecule has 0 spiro atoms. The highest BCUT2D eigenvalue weighted by molar-refractivity contribution is 5.88. The molecule has 2 aromatic rings. The van der Waals surface area contributed by atoms with Crippen LogP contribution in [0, 0.1) is 0 Å². The molecule has 0 radical (unpaired) electrons. The summed E-state index contributed by atoms with van der Waals surface area (Å²) >= 11 is 0. The van der Waals surface area contributed by atoms with Gasteiger partial charge >= 0.3 is 5.97 Å². The van der Waals surface area contributed by atoms with E-state index in [1.165, 1.54) is 12.3 Å². The van der Waals surface area contributed by atoms with Gasteiger partial charge < -0.3 is 20.3 Å². The standard InChI is InChI=1S/C15H16N2O4/c1-20-7-6-10-2-4-12(5-3-10)21-14-13(16)8-11(9-17-14)15(18)19/h2-5,8-9H,6-7,16H2,1H3,(H,18,19). The highest BCUT2D eigenvalue weighted by Crippen LogP contribution is 2.25. The summed E-state index contributed by atoms with van der Waals surface area (Å²) in [6, 6.07) is 8.78. The van der Waals surface area contributed by atoms with E-state index in [1.54, 1.807) is 19.2 Å². The van der Waals surface area contributed by atoms with Crippen molar-refractivity contribution >= 4 is 11.7 Å². The summed E-state index contributed by atoms with van der Waals surface area (Å²) in [6.45, 7) is 0.658. The number of carbonyl (C=O) groups is 1. The number of carboxylic acids is 1.